The molecule has 1 aliphatic carbocycles. The zero-order chi connectivity index (χ0) is 7.84. The van der Waals surface area contributed by atoms with Crippen molar-refractivity contribution in [1.29, 1.82) is 0 Å². The standard InChI is InChI=1S/C8H11NOS/c1-5(10)8-7(6-2-3-6)9-4-11-8/h4-6,10H,2-3H2,1H3/t5-/m0/s1. The molecule has 2 nitrogen and oxygen atoms in total. The highest BCUT2D eigenvalue weighted by molar-refractivity contribution is 7.09. The Kier molecular flexibility index (Phi) is 1.69. The van der Waals surface area contributed by atoms with Crippen molar-refractivity contribution in [3.63, 3.8) is 0 Å². The molecular formula is C8H11NOS. The molecule has 0 aliphatic heterocycles. The van der Waals surface area contributed by atoms with E-state index in [0.29, 0.717) is 5.92 Å². The molecule has 0 aromatic carbocycles. The second-order valence-corrected chi connectivity index (χ2v) is 3.94. The van der Waals surface area contributed by atoms with E-state index in [1.54, 1.807) is 18.3 Å². The minimum Gasteiger partial charge on any atom is -0.388 e. The summed E-state index contributed by atoms with van der Waals surface area (Å²) in [6.07, 6.45) is 2.17. The largest absolute Gasteiger partial charge is 0.388 e. The summed E-state index contributed by atoms with van der Waals surface area (Å²) in [4.78, 5) is 5.32. The van der Waals surface area contributed by atoms with Crippen LogP contribution >= 0.6 is 11.3 Å². The highest BCUT2D eigenvalue weighted by atomic mass is 32.1. The summed E-state index contributed by atoms with van der Waals surface area (Å²) >= 11 is 1.56. The van der Waals surface area contributed by atoms with Crippen molar-refractivity contribution < 1.29 is 5.11 Å². The lowest BCUT2D eigenvalue weighted by molar-refractivity contribution is 0.202. The molecule has 60 valence electrons. The average Bonchev–Trinajstić information content (AvgIpc) is 2.68. The average molecular weight is 169 g/mol. The van der Waals surface area contributed by atoms with Gasteiger partial charge in [0.05, 0.1) is 22.2 Å². The van der Waals surface area contributed by atoms with E-state index in [-0.39, 0.29) is 6.10 Å². The van der Waals surface area contributed by atoms with Gasteiger partial charge in [-0.1, -0.05) is 0 Å². The van der Waals surface area contributed by atoms with E-state index in [0.717, 1.165) is 10.6 Å². The van der Waals surface area contributed by atoms with Crippen molar-refractivity contribution in [3.8, 4) is 0 Å². The van der Waals surface area contributed by atoms with Gasteiger partial charge < -0.3 is 5.11 Å². The molecule has 11 heavy (non-hydrogen) atoms. The van der Waals surface area contributed by atoms with Crippen molar-refractivity contribution >= 4 is 11.3 Å². The van der Waals surface area contributed by atoms with Gasteiger partial charge in [-0.05, 0) is 19.8 Å². The first kappa shape index (κ1) is 7.25. The van der Waals surface area contributed by atoms with Gasteiger partial charge in [0.25, 0.3) is 0 Å². The van der Waals surface area contributed by atoms with E-state index in [4.69, 9.17) is 0 Å². The number of rotatable bonds is 2. The van der Waals surface area contributed by atoms with E-state index in [2.05, 4.69) is 4.98 Å². The fourth-order valence-corrected chi connectivity index (χ4v) is 2.06. The van der Waals surface area contributed by atoms with Gasteiger partial charge in [0.1, 0.15) is 0 Å². The number of aliphatic hydroxyl groups is 1. The number of thiazole rings is 1. The zero-order valence-electron chi connectivity index (χ0n) is 6.45. The summed E-state index contributed by atoms with van der Waals surface area (Å²) in [7, 11) is 0. The molecule has 1 aromatic heterocycles. The van der Waals surface area contributed by atoms with Crippen LogP contribution in [0, 0.1) is 0 Å². The van der Waals surface area contributed by atoms with Gasteiger partial charge in [-0.3, -0.25) is 0 Å². The lowest BCUT2D eigenvalue weighted by Gasteiger charge is -2.01. The van der Waals surface area contributed by atoms with Crippen LogP contribution in [-0.4, -0.2) is 10.1 Å². The second kappa shape index (κ2) is 2.57. The lowest BCUT2D eigenvalue weighted by atomic mass is 10.2. The molecule has 0 spiro atoms. The fourth-order valence-electron chi connectivity index (χ4n) is 1.24. The molecule has 1 aliphatic rings. The van der Waals surface area contributed by atoms with Crippen molar-refractivity contribution in [2.24, 2.45) is 0 Å². The van der Waals surface area contributed by atoms with E-state index < -0.39 is 0 Å². The third-order valence-electron chi connectivity index (χ3n) is 1.97. The monoisotopic (exact) mass is 169 g/mol. The molecule has 1 N–H and O–H groups in total. The van der Waals surface area contributed by atoms with Crippen molar-refractivity contribution in [3.05, 3.63) is 16.1 Å². The molecule has 0 radical (unpaired) electrons. The first-order chi connectivity index (χ1) is 5.29. The normalized spacial score (nSPS) is 20.2. The van der Waals surface area contributed by atoms with Crippen LogP contribution in [-0.2, 0) is 0 Å². The van der Waals surface area contributed by atoms with Gasteiger partial charge in [0.15, 0.2) is 0 Å². The number of hydrogen-bond donors (Lipinski definition) is 1. The molecule has 0 bridgehead atoms. The van der Waals surface area contributed by atoms with Crippen molar-refractivity contribution in [2.75, 3.05) is 0 Å². The zero-order valence-corrected chi connectivity index (χ0v) is 7.27. The lowest BCUT2D eigenvalue weighted by Crippen LogP contribution is -1.92. The molecule has 1 heterocycles. The van der Waals surface area contributed by atoms with Crippen molar-refractivity contribution in [2.45, 2.75) is 31.8 Å². The molecule has 1 fully saturated rings. The Morgan fingerprint density at radius 3 is 3.00 bits per heavy atom. The maximum Gasteiger partial charge on any atom is 0.0872 e. The van der Waals surface area contributed by atoms with Gasteiger partial charge in [-0.2, -0.15) is 0 Å². The quantitative estimate of drug-likeness (QED) is 0.735. The summed E-state index contributed by atoms with van der Waals surface area (Å²) in [5.74, 6) is 0.658. The van der Waals surface area contributed by atoms with Gasteiger partial charge in [-0.25, -0.2) is 4.98 Å². The van der Waals surface area contributed by atoms with Crippen LogP contribution < -0.4 is 0 Å². The van der Waals surface area contributed by atoms with Crippen LogP contribution in [0.5, 0.6) is 0 Å². The first-order valence-corrected chi connectivity index (χ1v) is 4.78. The topological polar surface area (TPSA) is 33.1 Å². The molecule has 1 saturated carbocycles. The Balaban J connectivity index is 2.30. The van der Waals surface area contributed by atoms with Crippen molar-refractivity contribution in [1.82, 2.24) is 4.98 Å². The predicted molar refractivity (Wildman–Crippen MR) is 44.7 cm³/mol. The van der Waals surface area contributed by atoms with Crippen LogP contribution in [0.4, 0.5) is 0 Å². The highest BCUT2D eigenvalue weighted by Gasteiger charge is 2.29. The molecule has 3 heteroatoms. The van der Waals surface area contributed by atoms with Crippen LogP contribution in [0.3, 0.4) is 0 Å². The molecule has 0 unspecified atom stereocenters. The summed E-state index contributed by atoms with van der Waals surface area (Å²) in [5, 5.41) is 9.34. The predicted octanol–water partition coefficient (Wildman–Crippen LogP) is 2.07. The van der Waals surface area contributed by atoms with E-state index in [1.807, 2.05) is 5.51 Å². The number of hydrogen-bond acceptors (Lipinski definition) is 3. The Bertz CT molecular complexity index is 236. The molecule has 0 saturated heterocycles. The third kappa shape index (κ3) is 1.30. The van der Waals surface area contributed by atoms with E-state index >= 15 is 0 Å². The van der Waals surface area contributed by atoms with E-state index in [1.165, 1.54) is 12.8 Å². The molecule has 2 rings (SSSR count). The van der Waals surface area contributed by atoms with Gasteiger partial charge in [0.2, 0.25) is 0 Å². The Morgan fingerprint density at radius 2 is 2.45 bits per heavy atom. The number of aromatic nitrogens is 1. The fraction of sp³-hybridized carbons (Fsp3) is 0.625. The highest BCUT2D eigenvalue weighted by Crippen LogP contribution is 2.43. The molecule has 1 atom stereocenters. The first-order valence-electron chi connectivity index (χ1n) is 3.90. The molecule has 1 aromatic rings. The van der Waals surface area contributed by atoms with Gasteiger partial charge in [0, 0.05) is 5.92 Å². The SMILES string of the molecule is C[C@H](O)c1scnc1C1CC1. The Labute approximate surface area is 69.9 Å². The minimum atomic E-state index is -0.335. The van der Waals surface area contributed by atoms with Crippen LogP contribution in [0.2, 0.25) is 0 Å². The van der Waals surface area contributed by atoms with E-state index in [9.17, 15) is 5.11 Å². The molecular weight excluding hydrogens is 158 g/mol. The summed E-state index contributed by atoms with van der Waals surface area (Å²) in [6, 6.07) is 0. The summed E-state index contributed by atoms with van der Waals surface area (Å²) in [6.45, 7) is 1.80. The number of nitrogens with zero attached hydrogens (tertiary/aromatic N) is 1. The second-order valence-electron chi connectivity index (χ2n) is 3.05. The van der Waals surface area contributed by atoms with Gasteiger partial charge >= 0.3 is 0 Å². The number of aliphatic hydroxyl groups excluding tert-OH is 1. The Morgan fingerprint density at radius 1 is 1.73 bits per heavy atom. The van der Waals surface area contributed by atoms with Crippen LogP contribution in [0.1, 0.15) is 42.4 Å². The maximum atomic E-state index is 9.34. The maximum absolute atomic E-state index is 9.34. The Hall–Kier alpha value is -0.410. The molecule has 0 amide bonds. The summed E-state index contributed by atoms with van der Waals surface area (Å²) < 4.78 is 0. The van der Waals surface area contributed by atoms with Crippen LogP contribution in [0.25, 0.3) is 0 Å². The van der Waals surface area contributed by atoms with Crippen LogP contribution in [0.15, 0.2) is 5.51 Å². The third-order valence-corrected chi connectivity index (χ3v) is 2.98. The van der Waals surface area contributed by atoms with Gasteiger partial charge in [-0.15, -0.1) is 11.3 Å². The minimum absolute atomic E-state index is 0.335. The smallest absolute Gasteiger partial charge is 0.0872 e. The summed E-state index contributed by atoms with van der Waals surface area (Å²) in [5.41, 5.74) is 2.97.